The number of ether oxygens (including phenoxy) is 1. The van der Waals surface area contributed by atoms with Crippen LogP contribution in [0.1, 0.15) is 5.56 Å². The number of hydrogen-bond acceptors (Lipinski definition) is 3. The van der Waals surface area contributed by atoms with E-state index in [2.05, 4.69) is 0 Å². The van der Waals surface area contributed by atoms with E-state index in [0.29, 0.717) is 0 Å². The summed E-state index contributed by atoms with van der Waals surface area (Å²) in [7, 11) is 0. The summed E-state index contributed by atoms with van der Waals surface area (Å²) in [6.07, 6.45) is -3.10. The minimum atomic E-state index is -1.39. The normalized spacial score (nSPS) is 21.7. The molecule has 0 bridgehead atoms. The van der Waals surface area contributed by atoms with E-state index in [0.717, 1.165) is 16.3 Å². The first-order valence-electron chi connectivity index (χ1n) is 6.85. The van der Waals surface area contributed by atoms with Crippen molar-refractivity contribution in [2.75, 3.05) is 13.1 Å². The van der Waals surface area contributed by atoms with E-state index in [9.17, 15) is 14.3 Å². The lowest BCUT2D eigenvalue weighted by atomic mass is 10.1. The van der Waals surface area contributed by atoms with Crippen LogP contribution in [0.15, 0.2) is 42.5 Å². The van der Waals surface area contributed by atoms with E-state index in [-0.39, 0.29) is 19.7 Å². The number of β-amino-alcohol motifs (C(OH)–C–C–N with tert-alkyl or cyclic N) is 1. The van der Waals surface area contributed by atoms with Crippen molar-refractivity contribution in [3.05, 3.63) is 48.0 Å². The highest BCUT2D eigenvalue weighted by molar-refractivity contribution is 5.83. The zero-order valence-corrected chi connectivity index (χ0v) is 11.4. The highest BCUT2D eigenvalue weighted by Gasteiger charge is 2.34. The van der Waals surface area contributed by atoms with E-state index in [1.165, 1.54) is 4.90 Å². The van der Waals surface area contributed by atoms with Crippen LogP contribution >= 0.6 is 0 Å². The van der Waals surface area contributed by atoms with Gasteiger partial charge in [0.05, 0.1) is 13.1 Å². The Bertz CT molecular complexity index is 651. The molecule has 0 radical (unpaired) electrons. The van der Waals surface area contributed by atoms with E-state index in [1.807, 2.05) is 42.5 Å². The van der Waals surface area contributed by atoms with Crippen molar-refractivity contribution in [2.45, 2.75) is 18.9 Å². The van der Waals surface area contributed by atoms with Gasteiger partial charge in [-0.25, -0.2) is 9.18 Å². The van der Waals surface area contributed by atoms with E-state index >= 15 is 0 Å². The Kier molecular flexibility index (Phi) is 3.75. The monoisotopic (exact) mass is 289 g/mol. The lowest BCUT2D eigenvalue weighted by Crippen LogP contribution is -2.30. The molecule has 0 saturated carbocycles. The Labute approximate surface area is 121 Å². The third-order valence-corrected chi connectivity index (χ3v) is 3.65. The van der Waals surface area contributed by atoms with Crippen LogP contribution in [0, 0.1) is 0 Å². The van der Waals surface area contributed by atoms with Crippen molar-refractivity contribution in [3.8, 4) is 0 Å². The van der Waals surface area contributed by atoms with Gasteiger partial charge in [0.25, 0.3) is 0 Å². The number of carbonyl (C=O) groups excluding carboxylic acids is 1. The molecular formula is C16H16FNO3. The number of benzene rings is 2. The molecule has 1 fully saturated rings. The van der Waals surface area contributed by atoms with Crippen LogP contribution in [0.5, 0.6) is 0 Å². The Morgan fingerprint density at radius 3 is 2.71 bits per heavy atom. The topological polar surface area (TPSA) is 49.8 Å². The molecule has 4 nitrogen and oxygen atoms in total. The lowest BCUT2D eigenvalue weighted by Gasteiger charge is -2.15. The fourth-order valence-corrected chi connectivity index (χ4v) is 2.46. The average molecular weight is 289 g/mol. The third kappa shape index (κ3) is 2.97. The number of amides is 1. The van der Waals surface area contributed by atoms with Gasteiger partial charge in [-0.05, 0) is 22.4 Å². The second-order valence-electron chi connectivity index (χ2n) is 5.22. The smallest absolute Gasteiger partial charge is 0.410 e. The molecule has 110 valence electrons. The van der Waals surface area contributed by atoms with Crippen molar-refractivity contribution >= 4 is 16.9 Å². The fourth-order valence-electron chi connectivity index (χ4n) is 2.46. The van der Waals surface area contributed by atoms with Crippen LogP contribution in [0.4, 0.5) is 9.18 Å². The van der Waals surface area contributed by atoms with Crippen molar-refractivity contribution < 1.29 is 19.0 Å². The number of rotatable bonds is 2. The molecule has 1 amide bonds. The standard InChI is InChI=1S/C16H16FNO3/c17-14-8-18(9-15(14)19)16(20)21-10-11-5-6-12-3-1-2-4-13(12)7-11/h1-7,14-15,19H,8-10H2/t14-,15-/m0/s1. The van der Waals surface area contributed by atoms with Gasteiger partial charge in [-0.3, -0.25) is 0 Å². The maximum atomic E-state index is 13.2. The van der Waals surface area contributed by atoms with Gasteiger partial charge in [0.1, 0.15) is 18.9 Å². The minimum Gasteiger partial charge on any atom is -0.445 e. The van der Waals surface area contributed by atoms with Gasteiger partial charge in [-0.2, -0.15) is 0 Å². The highest BCUT2D eigenvalue weighted by atomic mass is 19.1. The quantitative estimate of drug-likeness (QED) is 0.924. The maximum Gasteiger partial charge on any atom is 0.410 e. The van der Waals surface area contributed by atoms with Gasteiger partial charge in [0.2, 0.25) is 0 Å². The van der Waals surface area contributed by atoms with Crippen molar-refractivity contribution in [1.29, 1.82) is 0 Å². The molecule has 1 saturated heterocycles. The molecule has 21 heavy (non-hydrogen) atoms. The second-order valence-corrected chi connectivity index (χ2v) is 5.22. The Hall–Kier alpha value is -2.14. The number of alkyl halides is 1. The Morgan fingerprint density at radius 1 is 1.24 bits per heavy atom. The summed E-state index contributed by atoms with van der Waals surface area (Å²) in [6, 6.07) is 13.7. The number of halogens is 1. The Morgan fingerprint density at radius 2 is 2.00 bits per heavy atom. The lowest BCUT2D eigenvalue weighted by molar-refractivity contribution is 0.0958. The van der Waals surface area contributed by atoms with Crippen molar-refractivity contribution in [3.63, 3.8) is 0 Å². The van der Waals surface area contributed by atoms with Crippen LogP contribution in [-0.4, -0.2) is 41.5 Å². The van der Waals surface area contributed by atoms with Gasteiger partial charge in [-0.15, -0.1) is 0 Å². The number of fused-ring (bicyclic) bond motifs is 1. The summed E-state index contributed by atoms with van der Waals surface area (Å²) < 4.78 is 18.3. The number of hydrogen-bond donors (Lipinski definition) is 1. The minimum absolute atomic E-state index is 0.0162. The molecule has 1 heterocycles. The molecule has 0 unspecified atom stereocenters. The molecule has 0 aliphatic carbocycles. The van der Waals surface area contributed by atoms with Crippen LogP contribution < -0.4 is 0 Å². The molecule has 2 aromatic rings. The summed E-state index contributed by atoms with van der Waals surface area (Å²) in [5.74, 6) is 0. The largest absolute Gasteiger partial charge is 0.445 e. The van der Waals surface area contributed by atoms with Crippen molar-refractivity contribution in [1.82, 2.24) is 4.90 Å². The fraction of sp³-hybridized carbons (Fsp3) is 0.312. The number of aliphatic hydroxyl groups is 1. The van der Waals surface area contributed by atoms with Crippen molar-refractivity contribution in [2.24, 2.45) is 0 Å². The van der Waals surface area contributed by atoms with Gasteiger partial charge < -0.3 is 14.7 Å². The zero-order valence-electron chi connectivity index (χ0n) is 11.4. The molecule has 1 aliphatic rings. The molecule has 2 aromatic carbocycles. The van der Waals surface area contributed by atoms with Gasteiger partial charge in [0, 0.05) is 0 Å². The number of aliphatic hydroxyl groups excluding tert-OH is 1. The number of carbonyl (C=O) groups is 1. The first kappa shape index (κ1) is 13.8. The summed E-state index contributed by atoms with van der Waals surface area (Å²) in [4.78, 5) is 13.0. The van der Waals surface area contributed by atoms with Gasteiger partial charge >= 0.3 is 6.09 Å². The summed E-state index contributed by atoms with van der Waals surface area (Å²) in [5, 5.41) is 11.5. The molecule has 1 N–H and O–H groups in total. The van der Waals surface area contributed by atoms with Crippen LogP contribution in [0.25, 0.3) is 10.8 Å². The molecule has 5 heteroatoms. The van der Waals surface area contributed by atoms with E-state index < -0.39 is 18.4 Å². The van der Waals surface area contributed by atoms with Crippen LogP contribution in [0.3, 0.4) is 0 Å². The second kappa shape index (κ2) is 5.69. The number of nitrogens with zero attached hydrogens (tertiary/aromatic N) is 1. The third-order valence-electron chi connectivity index (χ3n) is 3.65. The molecule has 3 rings (SSSR count). The van der Waals surface area contributed by atoms with E-state index in [1.54, 1.807) is 0 Å². The zero-order chi connectivity index (χ0) is 14.8. The molecule has 2 atom stereocenters. The predicted molar refractivity (Wildman–Crippen MR) is 76.6 cm³/mol. The summed E-state index contributed by atoms with van der Waals surface area (Å²) >= 11 is 0. The van der Waals surface area contributed by atoms with Gasteiger partial charge in [0.15, 0.2) is 0 Å². The molecule has 0 spiro atoms. The maximum absolute atomic E-state index is 13.2. The van der Waals surface area contributed by atoms with Crippen LogP contribution in [0.2, 0.25) is 0 Å². The highest BCUT2D eigenvalue weighted by Crippen LogP contribution is 2.18. The predicted octanol–water partition coefficient (Wildman–Crippen LogP) is 2.49. The molecular weight excluding hydrogens is 273 g/mol. The molecule has 0 aromatic heterocycles. The summed E-state index contributed by atoms with van der Waals surface area (Å²) in [5.41, 5.74) is 0.874. The number of likely N-dealkylation sites (tertiary alicyclic amines) is 1. The van der Waals surface area contributed by atoms with Gasteiger partial charge in [-0.1, -0.05) is 36.4 Å². The first-order chi connectivity index (χ1) is 10.1. The average Bonchev–Trinajstić information content (AvgIpc) is 2.84. The SMILES string of the molecule is O=C(OCc1ccc2ccccc2c1)N1C[C@H](O)[C@@H](F)C1. The van der Waals surface area contributed by atoms with E-state index in [4.69, 9.17) is 4.74 Å². The Balaban J connectivity index is 1.62. The first-order valence-corrected chi connectivity index (χ1v) is 6.85. The molecule has 1 aliphatic heterocycles. The van der Waals surface area contributed by atoms with Crippen LogP contribution in [-0.2, 0) is 11.3 Å². The summed E-state index contributed by atoms with van der Waals surface area (Å²) in [6.45, 7) is 0.00263.